The van der Waals surface area contributed by atoms with Crippen LogP contribution < -0.4 is 5.32 Å². The number of H-pyrrole nitrogens is 1. The van der Waals surface area contributed by atoms with E-state index in [1.807, 2.05) is 20.1 Å². The van der Waals surface area contributed by atoms with Crippen molar-refractivity contribution in [1.29, 1.82) is 0 Å². The number of thioether (sulfide) groups is 1. The van der Waals surface area contributed by atoms with Crippen molar-refractivity contribution in [2.45, 2.75) is 26.0 Å². The Balaban J connectivity index is 2.62. The van der Waals surface area contributed by atoms with Gasteiger partial charge in [-0.2, -0.15) is 16.9 Å². The van der Waals surface area contributed by atoms with Gasteiger partial charge in [0.25, 0.3) is 5.91 Å². The zero-order chi connectivity index (χ0) is 11.4. The van der Waals surface area contributed by atoms with Gasteiger partial charge in [0.2, 0.25) is 0 Å². The van der Waals surface area contributed by atoms with Gasteiger partial charge in [0.15, 0.2) is 0 Å². The zero-order valence-electron chi connectivity index (χ0n) is 9.55. The number of aromatic amines is 1. The molecule has 0 aromatic carbocycles. The SMILES string of the molecule is CSC(C)CNC(=O)c1c(C)n[nH]c1C. The van der Waals surface area contributed by atoms with Gasteiger partial charge < -0.3 is 5.32 Å². The van der Waals surface area contributed by atoms with E-state index in [1.165, 1.54) is 0 Å². The van der Waals surface area contributed by atoms with Crippen LogP contribution in [-0.4, -0.2) is 34.2 Å². The van der Waals surface area contributed by atoms with Gasteiger partial charge in [-0.1, -0.05) is 6.92 Å². The molecule has 0 aliphatic heterocycles. The number of hydrogen-bond acceptors (Lipinski definition) is 3. The number of rotatable bonds is 4. The quantitative estimate of drug-likeness (QED) is 0.819. The van der Waals surface area contributed by atoms with Crippen molar-refractivity contribution in [3.05, 3.63) is 17.0 Å². The molecule has 5 heteroatoms. The standard InChI is InChI=1S/C10H17N3OS/c1-6(15-4)5-11-10(14)9-7(2)12-13-8(9)3/h6H,5H2,1-4H3,(H,11,14)(H,12,13). The zero-order valence-corrected chi connectivity index (χ0v) is 10.4. The maximum Gasteiger partial charge on any atom is 0.255 e. The summed E-state index contributed by atoms with van der Waals surface area (Å²) in [5.41, 5.74) is 2.24. The topological polar surface area (TPSA) is 57.8 Å². The lowest BCUT2D eigenvalue weighted by molar-refractivity contribution is 0.0953. The molecule has 1 aromatic rings. The van der Waals surface area contributed by atoms with Crippen LogP contribution in [0.4, 0.5) is 0 Å². The Kier molecular flexibility index (Phi) is 4.20. The summed E-state index contributed by atoms with van der Waals surface area (Å²) in [6.45, 7) is 6.45. The molecule has 1 heterocycles. The van der Waals surface area contributed by atoms with Crippen LogP contribution in [0.3, 0.4) is 0 Å². The molecule has 0 saturated carbocycles. The van der Waals surface area contributed by atoms with Crippen LogP contribution in [-0.2, 0) is 0 Å². The Morgan fingerprint density at radius 2 is 2.27 bits per heavy atom. The molecule has 1 rings (SSSR count). The summed E-state index contributed by atoms with van der Waals surface area (Å²) in [5, 5.41) is 10.1. The summed E-state index contributed by atoms with van der Waals surface area (Å²) in [7, 11) is 0. The summed E-state index contributed by atoms with van der Waals surface area (Å²) in [5.74, 6) is -0.0420. The molecule has 1 unspecified atom stereocenters. The molecule has 4 nitrogen and oxygen atoms in total. The Bertz CT molecular complexity index is 329. The maximum absolute atomic E-state index is 11.8. The van der Waals surface area contributed by atoms with Gasteiger partial charge in [-0.05, 0) is 20.1 Å². The molecule has 0 fully saturated rings. The van der Waals surface area contributed by atoms with Gasteiger partial charge in [0.1, 0.15) is 0 Å². The van der Waals surface area contributed by atoms with E-state index < -0.39 is 0 Å². The Labute approximate surface area is 94.2 Å². The lowest BCUT2D eigenvalue weighted by Crippen LogP contribution is -2.30. The Hall–Kier alpha value is -0.970. The molecular weight excluding hydrogens is 210 g/mol. The highest BCUT2D eigenvalue weighted by molar-refractivity contribution is 7.99. The van der Waals surface area contributed by atoms with Crippen LogP contribution in [0.25, 0.3) is 0 Å². The first-order valence-electron chi connectivity index (χ1n) is 4.88. The monoisotopic (exact) mass is 227 g/mol. The second-order valence-electron chi connectivity index (χ2n) is 3.57. The number of hydrogen-bond donors (Lipinski definition) is 2. The van der Waals surface area contributed by atoms with E-state index >= 15 is 0 Å². The number of nitrogens with one attached hydrogen (secondary N) is 2. The van der Waals surface area contributed by atoms with Gasteiger partial charge in [0, 0.05) is 17.5 Å². The maximum atomic E-state index is 11.8. The van der Waals surface area contributed by atoms with E-state index in [9.17, 15) is 4.79 Å². The van der Waals surface area contributed by atoms with Gasteiger partial charge in [0.05, 0.1) is 11.3 Å². The minimum atomic E-state index is -0.0420. The third-order valence-electron chi connectivity index (χ3n) is 2.31. The molecule has 84 valence electrons. The summed E-state index contributed by atoms with van der Waals surface area (Å²) < 4.78 is 0. The van der Waals surface area contributed by atoms with Crippen molar-refractivity contribution in [2.24, 2.45) is 0 Å². The minimum absolute atomic E-state index is 0.0420. The van der Waals surface area contributed by atoms with Gasteiger partial charge in [-0.25, -0.2) is 0 Å². The minimum Gasteiger partial charge on any atom is -0.351 e. The molecule has 1 amide bonds. The van der Waals surface area contributed by atoms with Crippen LogP contribution in [0.5, 0.6) is 0 Å². The second kappa shape index (κ2) is 5.21. The molecule has 1 atom stereocenters. The largest absolute Gasteiger partial charge is 0.351 e. The summed E-state index contributed by atoms with van der Waals surface area (Å²) >= 11 is 1.73. The van der Waals surface area contributed by atoms with Crippen molar-refractivity contribution in [1.82, 2.24) is 15.5 Å². The highest BCUT2D eigenvalue weighted by atomic mass is 32.2. The highest BCUT2D eigenvalue weighted by Crippen LogP contribution is 2.09. The fourth-order valence-electron chi connectivity index (χ4n) is 1.29. The summed E-state index contributed by atoms with van der Waals surface area (Å²) in [6.07, 6.45) is 2.03. The number of carbonyl (C=O) groups excluding carboxylic acids is 1. The van der Waals surface area contributed by atoms with Crippen molar-refractivity contribution in [3.63, 3.8) is 0 Å². The average Bonchev–Trinajstić information content (AvgIpc) is 2.54. The number of amides is 1. The van der Waals surface area contributed by atoms with Crippen molar-refractivity contribution in [3.8, 4) is 0 Å². The molecule has 0 aliphatic carbocycles. The second-order valence-corrected chi connectivity index (χ2v) is 4.84. The van der Waals surface area contributed by atoms with Crippen LogP contribution in [0, 0.1) is 13.8 Å². The number of carbonyl (C=O) groups is 1. The van der Waals surface area contributed by atoms with E-state index in [0.717, 1.165) is 11.4 Å². The predicted octanol–water partition coefficient (Wildman–Crippen LogP) is 1.51. The highest BCUT2D eigenvalue weighted by Gasteiger charge is 2.15. The predicted molar refractivity (Wildman–Crippen MR) is 63.4 cm³/mol. The van der Waals surface area contributed by atoms with Crippen LogP contribution in [0.15, 0.2) is 0 Å². The molecule has 2 N–H and O–H groups in total. The summed E-state index contributed by atoms with van der Waals surface area (Å²) in [6, 6.07) is 0. The lowest BCUT2D eigenvalue weighted by atomic mass is 10.2. The van der Waals surface area contributed by atoms with E-state index in [4.69, 9.17) is 0 Å². The van der Waals surface area contributed by atoms with E-state index in [-0.39, 0.29) is 5.91 Å². The van der Waals surface area contributed by atoms with Crippen LogP contribution >= 0.6 is 11.8 Å². The fraction of sp³-hybridized carbons (Fsp3) is 0.600. The lowest BCUT2D eigenvalue weighted by Gasteiger charge is -2.09. The fourth-order valence-corrected chi connectivity index (χ4v) is 1.54. The average molecular weight is 227 g/mol. The van der Waals surface area contributed by atoms with E-state index in [1.54, 1.807) is 11.8 Å². The first-order chi connectivity index (χ1) is 7.06. The van der Waals surface area contributed by atoms with Crippen LogP contribution in [0.2, 0.25) is 0 Å². The first-order valence-corrected chi connectivity index (χ1v) is 6.17. The molecule has 1 aromatic heterocycles. The van der Waals surface area contributed by atoms with E-state index in [2.05, 4.69) is 22.4 Å². The van der Waals surface area contributed by atoms with Crippen molar-refractivity contribution >= 4 is 17.7 Å². The molecule has 0 spiro atoms. The third-order valence-corrected chi connectivity index (χ3v) is 3.28. The molecule has 0 saturated heterocycles. The van der Waals surface area contributed by atoms with Crippen molar-refractivity contribution in [2.75, 3.05) is 12.8 Å². The van der Waals surface area contributed by atoms with E-state index in [0.29, 0.717) is 17.4 Å². The third kappa shape index (κ3) is 2.99. The van der Waals surface area contributed by atoms with Gasteiger partial charge >= 0.3 is 0 Å². The smallest absolute Gasteiger partial charge is 0.255 e. The Morgan fingerprint density at radius 3 is 2.73 bits per heavy atom. The first kappa shape index (κ1) is 12.1. The number of aryl methyl sites for hydroxylation is 2. The normalized spacial score (nSPS) is 12.5. The Morgan fingerprint density at radius 1 is 1.60 bits per heavy atom. The summed E-state index contributed by atoms with van der Waals surface area (Å²) in [4.78, 5) is 11.8. The number of nitrogens with zero attached hydrogens (tertiary/aromatic N) is 1. The molecule has 0 radical (unpaired) electrons. The molecule has 0 aliphatic rings. The van der Waals surface area contributed by atoms with Gasteiger partial charge in [-0.15, -0.1) is 0 Å². The molecular formula is C10H17N3OS. The van der Waals surface area contributed by atoms with Crippen molar-refractivity contribution < 1.29 is 4.79 Å². The molecule has 15 heavy (non-hydrogen) atoms. The van der Waals surface area contributed by atoms with Crippen LogP contribution in [0.1, 0.15) is 28.7 Å². The number of aromatic nitrogens is 2. The molecule has 0 bridgehead atoms. The van der Waals surface area contributed by atoms with Gasteiger partial charge in [-0.3, -0.25) is 9.89 Å².